The van der Waals surface area contributed by atoms with Gasteiger partial charge < -0.3 is 0 Å². The van der Waals surface area contributed by atoms with E-state index in [4.69, 9.17) is 0 Å². The smallest absolute Gasteiger partial charge is 0.229 e. The largest absolute Gasteiger partial charge is 0.282 e. The Morgan fingerprint density at radius 3 is 2.00 bits per heavy atom. The quantitative estimate of drug-likeness (QED) is 0.592. The highest BCUT2D eigenvalue weighted by Gasteiger charge is 2.39. The predicted molar refractivity (Wildman–Crippen MR) is 76.5 cm³/mol. The number of carbonyl (C=O) groups is 2. The molecule has 4 heteroatoms. The molecule has 1 aliphatic heterocycles. The molecule has 0 aromatic heterocycles. The lowest BCUT2D eigenvalue weighted by Gasteiger charge is -2.39. The number of rotatable bonds is 3. The second kappa shape index (κ2) is 5.32. The monoisotopic (exact) mass is 317 g/mol. The van der Waals surface area contributed by atoms with Crippen molar-refractivity contribution < 1.29 is 9.59 Å². The summed E-state index contributed by atoms with van der Waals surface area (Å²) in [6.07, 6.45) is 0.940. The van der Waals surface area contributed by atoms with Crippen LogP contribution in [0.4, 0.5) is 0 Å². The van der Waals surface area contributed by atoms with E-state index in [2.05, 4.69) is 36.7 Å². The Kier molecular flexibility index (Phi) is 4.63. The second-order valence-electron chi connectivity index (χ2n) is 7.13. The average Bonchev–Trinajstić information content (AvgIpc) is 2.12. The van der Waals surface area contributed by atoms with Crippen LogP contribution in [0.1, 0.15) is 47.5 Å². The molecule has 1 fully saturated rings. The second-order valence-corrected chi connectivity index (χ2v) is 7.78. The van der Waals surface area contributed by atoms with Gasteiger partial charge in [0.15, 0.2) is 0 Å². The zero-order valence-corrected chi connectivity index (χ0v) is 13.6. The molecule has 1 rings (SSSR count). The van der Waals surface area contributed by atoms with Gasteiger partial charge in [-0.2, -0.15) is 0 Å². The molecule has 1 saturated heterocycles. The Bertz CT molecular complexity index is 324. The van der Waals surface area contributed by atoms with Crippen molar-refractivity contribution in [3.05, 3.63) is 0 Å². The number of imide groups is 1. The molecule has 0 radical (unpaired) electrons. The maximum absolute atomic E-state index is 12.1. The van der Waals surface area contributed by atoms with Gasteiger partial charge in [-0.15, -0.1) is 0 Å². The zero-order chi connectivity index (χ0) is 14.1. The van der Waals surface area contributed by atoms with Gasteiger partial charge in [0, 0.05) is 24.7 Å². The van der Waals surface area contributed by atoms with E-state index in [1.54, 1.807) is 0 Å². The molecule has 0 aromatic rings. The lowest BCUT2D eigenvalue weighted by atomic mass is 9.79. The summed E-state index contributed by atoms with van der Waals surface area (Å²) in [6.45, 7) is 10.9. The molecule has 0 aliphatic carbocycles. The van der Waals surface area contributed by atoms with Crippen molar-refractivity contribution in [1.29, 1.82) is 0 Å². The van der Waals surface area contributed by atoms with Gasteiger partial charge in [0.2, 0.25) is 11.8 Å². The summed E-state index contributed by atoms with van der Waals surface area (Å²) in [5.74, 6) is 0.240. The summed E-state index contributed by atoms with van der Waals surface area (Å²) in [6, 6.07) is 0. The third kappa shape index (κ3) is 3.81. The van der Waals surface area contributed by atoms with Gasteiger partial charge in [0.1, 0.15) is 0 Å². The highest BCUT2D eigenvalue weighted by Crippen LogP contribution is 2.34. The van der Waals surface area contributed by atoms with Gasteiger partial charge in [-0.1, -0.05) is 50.5 Å². The molecular formula is C14H24BrNO2. The first-order chi connectivity index (χ1) is 8.07. The zero-order valence-electron chi connectivity index (χ0n) is 12.0. The minimum atomic E-state index is -0.184. The van der Waals surface area contributed by atoms with E-state index in [0.717, 1.165) is 5.33 Å². The number of hydrogen-bond acceptors (Lipinski definition) is 2. The van der Waals surface area contributed by atoms with Crippen LogP contribution in [0.2, 0.25) is 0 Å². The van der Waals surface area contributed by atoms with Crippen LogP contribution in [0.25, 0.3) is 0 Å². The van der Waals surface area contributed by atoms with Gasteiger partial charge in [-0.3, -0.25) is 14.5 Å². The Labute approximate surface area is 118 Å². The maximum atomic E-state index is 12.1. The van der Waals surface area contributed by atoms with Crippen molar-refractivity contribution in [3.63, 3.8) is 0 Å². The number of hydrogen-bond donors (Lipinski definition) is 0. The Hall–Kier alpha value is -0.380. The lowest BCUT2D eigenvalue weighted by Crippen LogP contribution is -2.49. The summed E-state index contributed by atoms with van der Waals surface area (Å²) >= 11 is 3.49. The third-order valence-corrected chi connectivity index (χ3v) is 4.46. The first kappa shape index (κ1) is 15.7. The molecule has 3 nitrogen and oxygen atoms in total. The lowest BCUT2D eigenvalue weighted by molar-refractivity contribution is -0.153. The molecule has 0 spiro atoms. The van der Waals surface area contributed by atoms with E-state index < -0.39 is 0 Å². The molecule has 1 unspecified atom stereocenters. The summed E-state index contributed by atoms with van der Waals surface area (Å²) in [5, 5.41) is 0.803. The van der Waals surface area contributed by atoms with Crippen LogP contribution < -0.4 is 0 Å². The van der Waals surface area contributed by atoms with Crippen molar-refractivity contribution >= 4 is 27.7 Å². The third-order valence-electron chi connectivity index (χ3n) is 3.68. The fourth-order valence-electron chi connectivity index (χ4n) is 2.19. The van der Waals surface area contributed by atoms with E-state index in [9.17, 15) is 9.59 Å². The summed E-state index contributed by atoms with van der Waals surface area (Å²) < 4.78 is 0. The van der Waals surface area contributed by atoms with Gasteiger partial charge in [0.05, 0.1) is 0 Å². The van der Waals surface area contributed by atoms with Crippen molar-refractivity contribution in [2.24, 2.45) is 16.7 Å². The Morgan fingerprint density at radius 1 is 1.22 bits per heavy atom. The minimum absolute atomic E-state index is 0.0218. The fraction of sp³-hybridized carbons (Fsp3) is 0.857. The summed E-state index contributed by atoms with van der Waals surface area (Å²) in [7, 11) is 0. The molecule has 1 heterocycles. The Balaban J connectivity index is 2.79. The molecule has 104 valence electrons. The molecule has 0 N–H and O–H groups in total. The highest BCUT2D eigenvalue weighted by molar-refractivity contribution is 9.09. The van der Waals surface area contributed by atoms with Crippen LogP contribution in [-0.4, -0.2) is 28.6 Å². The first-order valence-corrected chi connectivity index (χ1v) is 7.58. The molecule has 0 aromatic carbocycles. The fourth-order valence-corrected chi connectivity index (χ4v) is 3.37. The van der Waals surface area contributed by atoms with Crippen LogP contribution in [0.15, 0.2) is 0 Å². The standard InChI is InChI=1S/C14H24BrNO2/c1-13(2,3)10(8-15)9-16-11(17)6-14(4,5)7-12(16)18/h10H,6-9H2,1-5H3. The average molecular weight is 318 g/mol. The summed E-state index contributed by atoms with van der Waals surface area (Å²) in [4.78, 5) is 25.6. The van der Waals surface area contributed by atoms with Crippen LogP contribution in [0, 0.1) is 16.7 Å². The highest BCUT2D eigenvalue weighted by atomic mass is 79.9. The minimum Gasteiger partial charge on any atom is -0.282 e. The number of nitrogens with zero attached hydrogens (tertiary/aromatic N) is 1. The molecular weight excluding hydrogens is 294 g/mol. The number of likely N-dealkylation sites (tertiary alicyclic amines) is 1. The Morgan fingerprint density at radius 2 is 1.67 bits per heavy atom. The van der Waals surface area contributed by atoms with Crippen molar-refractivity contribution in [1.82, 2.24) is 4.90 Å². The molecule has 0 saturated carbocycles. The van der Waals surface area contributed by atoms with Gasteiger partial charge >= 0.3 is 0 Å². The maximum Gasteiger partial charge on any atom is 0.229 e. The normalized spacial score (nSPS) is 22.2. The van der Waals surface area contributed by atoms with E-state index in [0.29, 0.717) is 19.4 Å². The van der Waals surface area contributed by atoms with Crippen molar-refractivity contribution in [3.8, 4) is 0 Å². The molecule has 18 heavy (non-hydrogen) atoms. The van der Waals surface area contributed by atoms with Crippen LogP contribution in [-0.2, 0) is 9.59 Å². The number of amides is 2. The van der Waals surface area contributed by atoms with Gasteiger partial charge in [0.25, 0.3) is 0 Å². The van der Waals surface area contributed by atoms with E-state index in [-0.39, 0.29) is 28.6 Å². The number of halogens is 1. The molecule has 0 bridgehead atoms. The predicted octanol–water partition coefficient (Wildman–Crippen LogP) is 3.22. The first-order valence-electron chi connectivity index (χ1n) is 6.46. The SMILES string of the molecule is CC1(C)CC(=O)N(CC(CBr)C(C)(C)C)C(=O)C1. The topological polar surface area (TPSA) is 37.4 Å². The van der Waals surface area contributed by atoms with Crippen LogP contribution in [0.3, 0.4) is 0 Å². The number of alkyl halides is 1. The number of carbonyl (C=O) groups excluding carboxylic acids is 2. The van der Waals surface area contributed by atoms with Gasteiger partial charge in [-0.05, 0) is 16.7 Å². The van der Waals surface area contributed by atoms with Crippen LogP contribution >= 0.6 is 15.9 Å². The van der Waals surface area contributed by atoms with Crippen molar-refractivity contribution in [2.75, 3.05) is 11.9 Å². The van der Waals surface area contributed by atoms with E-state index >= 15 is 0 Å². The van der Waals surface area contributed by atoms with E-state index in [1.807, 2.05) is 13.8 Å². The molecule has 2 amide bonds. The molecule has 1 atom stereocenters. The molecule has 1 aliphatic rings. The van der Waals surface area contributed by atoms with Gasteiger partial charge in [-0.25, -0.2) is 0 Å². The van der Waals surface area contributed by atoms with E-state index in [1.165, 1.54) is 4.90 Å². The van der Waals surface area contributed by atoms with Crippen molar-refractivity contribution in [2.45, 2.75) is 47.5 Å². The summed E-state index contributed by atoms with van der Waals surface area (Å²) in [5.41, 5.74) is -0.104. The van der Waals surface area contributed by atoms with Crippen LogP contribution in [0.5, 0.6) is 0 Å². The number of piperidine rings is 1.